The van der Waals surface area contributed by atoms with Gasteiger partial charge < -0.3 is 14.1 Å². The molecule has 0 N–H and O–H groups in total. The van der Waals surface area contributed by atoms with Crippen LogP contribution in [0.3, 0.4) is 0 Å². The van der Waals surface area contributed by atoms with Crippen LogP contribution in [-0.4, -0.2) is 56.2 Å². The van der Waals surface area contributed by atoms with E-state index in [1.54, 1.807) is 29.5 Å². The third-order valence-electron chi connectivity index (χ3n) is 4.90. The second-order valence-corrected chi connectivity index (χ2v) is 7.34. The maximum atomic E-state index is 12.9. The van der Waals surface area contributed by atoms with Crippen molar-refractivity contribution in [2.45, 2.75) is 25.8 Å². The lowest BCUT2D eigenvalue weighted by molar-refractivity contribution is -0.132. The van der Waals surface area contributed by atoms with Crippen molar-refractivity contribution in [2.24, 2.45) is 7.05 Å². The first-order valence-corrected chi connectivity index (χ1v) is 9.66. The molecule has 29 heavy (non-hydrogen) atoms. The van der Waals surface area contributed by atoms with E-state index in [1.165, 1.54) is 0 Å². The van der Waals surface area contributed by atoms with Crippen LogP contribution >= 0.6 is 0 Å². The molecule has 1 fully saturated rings. The van der Waals surface area contributed by atoms with Crippen molar-refractivity contribution >= 4 is 5.91 Å². The van der Waals surface area contributed by atoms with Gasteiger partial charge in [-0.15, -0.1) is 0 Å². The van der Waals surface area contributed by atoms with E-state index in [1.807, 2.05) is 42.4 Å². The van der Waals surface area contributed by atoms with Crippen LogP contribution in [0, 0.1) is 0 Å². The van der Waals surface area contributed by atoms with Gasteiger partial charge in [0.2, 0.25) is 5.91 Å². The van der Waals surface area contributed by atoms with Crippen LogP contribution in [0.15, 0.2) is 59.7 Å². The van der Waals surface area contributed by atoms with Crippen LogP contribution in [0.5, 0.6) is 0 Å². The molecule has 152 valence electrons. The summed E-state index contributed by atoms with van der Waals surface area (Å²) in [6, 6.07) is 7.67. The first kappa shape index (κ1) is 19.4. The van der Waals surface area contributed by atoms with Gasteiger partial charge >= 0.3 is 0 Å². The van der Waals surface area contributed by atoms with Gasteiger partial charge in [0.25, 0.3) is 0 Å². The smallest absolute Gasteiger partial charge is 0.237 e. The van der Waals surface area contributed by atoms with Gasteiger partial charge in [-0.25, -0.2) is 0 Å². The van der Waals surface area contributed by atoms with E-state index in [4.69, 9.17) is 9.15 Å². The minimum atomic E-state index is -0.117. The van der Waals surface area contributed by atoms with Crippen molar-refractivity contribution in [3.8, 4) is 0 Å². The number of nitrogens with zero attached hydrogens (tertiary/aromatic N) is 5. The summed E-state index contributed by atoms with van der Waals surface area (Å²) in [6.07, 6.45) is 8.81. The van der Waals surface area contributed by atoms with Crippen LogP contribution in [0.1, 0.15) is 16.9 Å². The average molecular weight is 395 g/mol. The summed E-state index contributed by atoms with van der Waals surface area (Å²) >= 11 is 0. The number of hydrogen-bond donors (Lipinski definition) is 0. The molecule has 8 nitrogen and oxygen atoms in total. The van der Waals surface area contributed by atoms with Gasteiger partial charge in [-0.05, 0) is 23.8 Å². The number of hydrogen-bond acceptors (Lipinski definition) is 6. The maximum Gasteiger partial charge on any atom is 0.237 e. The molecule has 1 aliphatic rings. The molecule has 0 bridgehead atoms. The molecule has 0 radical (unpaired) electrons. The molecule has 4 heterocycles. The Morgan fingerprint density at radius 3 is 2.83 bits per heavy atom. The van der Waals surface area contributed by atoms with Crippen molar-refractivity contribution in [2.75, 3.05) is 19.6 Å². The fraction of sp³-hybridized carbons (Fsp3) is 0.381. The summed E-state index contributed by atoms with van der Waals surface area (Å²) in [5.74, 6) is 0.914. The summed E-state index contributed by atoms with van der Waals surface area (Å²) in [6.45, 7) is 3.06. The van der Waals surface area contributed by atoms with Crippen LogP contribution in [0.25, 0.3) is 0 Å². The Bertz CT molecular complexity index is 910. The average Bonchev–Trinajstić information content (AvgIpc) is 3.34. The second kappa shape index (κ2) is 9.02. The molecule has 1 atom stereocenters. The van der Waals surface area contributed by atoms with Gasteiger partial charge in [-0.3, -0.25) is 19.4 Å². The Morgan fingerprint density at radius 1 is 1.17 bits per heavy atom. The standard InChI is InChI=1S/C21H25N5O3/c1-24-10-18(9-23-24)11-26-14-20(29-16-17-4-2-6-22-8-17)13-25(15-21(26)27)12-19-5-3-7-28-19/h2-10,20H,11-16H2,1H3. The van der Waals surface area contributed by atoms with E-state index >= 15 is 0 Å². The monoisotopic (exact) mass is 395 g/mol. The Labute approximate surface area is 169 Å². The zero-order valence-corrected chi connectivity index (χ0v) is 16.5. The zero-order valence-electron chi connectivity index (χ0n) is 16.5. The van der Waals surface area contributed by atoms with E-state index in [9.17, 15) is 4.79 Å². The number of aryl methyl sites for hydroxylation is 1. The highest BCUT2D eigenvalue weighted by Gasteiger charge is 2.29. The highest BCUT2D eigenvalue weighted by molar-refractivity contribution is 5.78. The molecule has 4 rings (SSSR count). The Morgan fingerprint density at radius 2 is 2.10 bits per heavy atom. The number of rotatable bonds is 7. The van der Waals surface area contributed by atoms with E-state index in [2.05, 4.69) is 15.0 Å². The minimum absolute atomic E-state index is 0.0767. The quantitative estimate of drug-likeness (QED) is 0.608. The highest BCUT2D eigenvalue weighted by Crippen LogP contribution is 2.16. The van der Waals surface area contributed by atoms with E-state index in [0.717, 1.165) is 16.9 Å². The molecule has 0 saturated carbocycles. The van der Waals surface area contributed by atoms with E-state index in [0.29, 0.717) is 39.3 Å². The molecule has 3 aromatic heterocycles. The predicted molar refractivity (Wildman–Crippen MR) is 105 cm³/mol. The second-order valence-electron chi connectivity index (χ2n) is 7.34. The van der Waals surface area contributed by atoms with Crippen molar-refractivity contribution in [1.82, 2.24) is 24.6 Å². The third kappa shape index (κ3) is 5.30. The number of amides is 1. The molecule has 3 aromatic rings. The summed E-state index contributed by atoms with van der Waals surface area (Å²) in [5, 5.41) is 4.21. The normalized spacial score (nSPS) is 18.2. The molecule has 0 spiro atoms. The number of aromatic nitrogens is 3. The third-order valence-corrected chi connectivity index (χ3v) is 4.90. The Hall–Kier alpha value is -2.97. The van der Waals surface area contributed by atoms with Crippen LogP contribution in [0.2, 0.25) is 0 Å². The molecular weight excluding hydrogens is 370 g/mol. The molecule has 1 unspecified atom stereocenters. The van der Waals surface area contributed by atoms with Gasteiger partial charge in [0.1, 0.15) is 5.76 Å². The largest absolute Gasteiger partial charge is 0.468 e. The fourth-order valence-corrected chi connectivity index (χ4v) is 3.52. The predicted octanol–water partition coefficient (Wildman–Crippen LogP) is 1.84. The van der Waals surface area contributed by atoms with Crippen LogP contribution in [-0.2, 0) is 36.3 Å². The lowest BCUT2D eigenvalue weighted by atomic mass is 10.2. The minimum Gasteiger partial charge on any atom is -0.468 e. The van der Waals surface area contributed by atoms with Crippen LogP contribution < -0.4 is 0 Å². The Kier molecular flexibility index (Phi) is 6.02. The molecule has 1 amide bonds. The summed E-state index contributed by atoms with van der Waals surface area (Å²) in [4.78, 5) is 21.0. The van der Waals surface area contributed by atoms with Crippen molar-refractivity contribution in [1.29, 1.82) is 0 Å². The van der Waals surface area contributed by atoms with Crippen molar-refractivity contribution in [3.63, 3.8) is 0 Å². The number of ether oxygens (including phenoxy) is 1. The number of pyridine rings is 1. The zero-order chi connectivity index (χ0) is 20.1. The first-order valence-electron chi connectivity index (χ1n) is 9.66. The summed E-state index contributed by atoms with van der Waals surface area (Å²) in [5.41, 5.74) is 2.02. The highest BCUT2D eigenvalue weighted by atomic mass is 16.5. The molecule has 8 heteroatoms. The van der Waals surface area contributed by atoms with Gasteiger partial charge in [0.15, 0.2) is 0 Å². The topological polar surface area (TPSA) is 76.6 Å². The molecule has 0 aliphatic carbocycles. The van der Waals surface area contributed by atoms with Gasteiger partial charge in [0, 0.05) is 50.8 Å². The van der Waals surface area contributed by atoms with E-state index < -0.39 is 0 Å². The fourth-order valence-electron chi connectivity index (χ4n) is 3.52. The van der Waals surface area contributed by atoms with E-state index in [-0.39, 0.29) is 12.0 Å². The van der Waals surface area contributed by atoms with Gasteiger partial charge in [0.05, 0.1) is 38.3 Å². The number of carbonyl (C=O) groups excluding carboxylic acids is 1. The lowest BCUT2D eigenvalue weighted by Crippen LogP contribution is -2.37. The number of carbonyl (C=O) groups is 1. The lowest BCUT2D eigenvalue weighted by Gasteiger charge is -2.24. The molecule has 0 aromatic carbocycles. The molecular formula is C21H25N5O3. The molecule has 1 aliphatic heterocycles. The van der Waals surface area contributed by atoms with Crippen molar-refractivity contribution < 1.29 is 13.9 Å². The van der Waals surface area contributed by atoms with Crippen molar-refractivity contribution in [3.05, 3.63) is 72.2 Å². The maximum absolute atomic E-state index is 12.9. The number of furan rings is 1. The van der Waals surface area contributed by atoms with Gasteiger partial charge in [-0.1, -0.05) is 6.07 Å². The Balaban J connectivity index is 1.47. The van der Waals surface area contributed by atoms with Gasteiger partial charge in [-0.2, -0.15) is 5.10 Å². The summed E-state index contributed by atoms with van der Waals surface area (Å²) in [7, 11) is 1.87. The SMILES string of the molecule is Cn1cc(CN2CC(OCc3cccnc3)CN(Cc3ccco3)CC2=O)cn1. The first-order chi connectivity index (χ1) is 14.2. The molecule has 1 saturated heterocycles. The van der Waals surface area contributed by atoms with Crippen LogP contribution in [0.4, 0.5) is 0 Å². The summed E-state index contributed by atoms with van der Waals surface area (Å²) < 4.78 is 13.4.